The Morgan fingerprint density at radius 2 is 1.65 bits per heavy atom. The highest BCUT2D eigenvalue weighted by atomic mass is 16.5. The maximum atomic E-state index is 11.7. The maximum Gasteiger partial charge on any atom is 0.314 e. The summed E-state index contributed by atoms with van der Waals surface area (Å²) >= 11 is 0. The molecular formula is C14H13NO5. The van der Waals surface area contributed by atoms with Gasteiger partial charge in [-0.15, -0.1) is 0 Å². The number of morpholine rings is 1. The van der Waals surface area contributed by atoms with Gasteiger partial charge in [-0.3, -0.25) is 14.4 Å². The third kappa shape index (κ3) is 1.89. The Morgan fingerprint density at radius 1 is 1.10 bits per heavy atom. The predicted octanol–water partition coefficient (Wildman–Crippen LogP) is 0.693. The number of carbonyl (C=O) groups is 3. The summed E-state index contributed by atoms with van der Waals surface area (Å²) in [4.78, 5) is 35.7. The van der Waals surface area contributed by atoms with Gasteiger partial charge in [0.2, 0.25) is 0 Å². The van der Waals surface area contributed by atoms with E-state index in [4.69, 9.17) is 4.74 Å². The van der Waals surface area contributed by atoms with Gasteiger partial charge in [-0.2, -0.15) is 0 Å². The van der Waals surface area contributed by atoms with Crippen molar-refractivity contribution in [3.63, 3.8) is 0 Å². The molecule has 2 aliphatic rings. The summed E-state index contributed by atoms with van der Waals surface area (Å²) in [6.07, 6.45) is 1.24. The first-order valence-electron chi connectivity index (χ1n) is 6.32. The van der Waals surface area contributed by atoms with Crippen molar-refractivity contribution in [3.8, 4) is 0 Å². The van der Waals surface area contributed by atoms with Crippen molar-refractivity contribution in [2.24, 2.45) is 0 Å². The number of ether oxygens (including phenoxy) is 1. The zero-order valence-corrected chi connectivity index (χ0v) is 10.7. The average molecular weight is 275 g/mol. The molecule has 1 heterocycles. The average Bonchev–Trinajstić information content (AvgIpc) is 3.21. The van der Waals surface area contributed by atoms with Gasteiger partial charge in [-0.05, 0) is 30.5 Å². The molecule has 0 spiro atoms. The van der Waals surface area contributed by atoms with E-state index < -0.39 is 23.2 Å². The van der Waals surface area contributed by atoms with Gasteiger partial charge in [0.15, 0.2) is 0 Å². The molecule has 0 unspecified atom stereocenters. The van der Waals surface area contributed by atoms with Crippen LogP contribution in [0.25, 0.3) is 0 Å². The molecular weight excluding hydrogens is 262 g/mol. The SMILES string of the molecule is O=C1COCC(=O)N1c1ccc(C2(C(=O)O)CC2)cc1. The van der Waals surface area contributed by atoms with E-state index in [9.17, 15) is 19.5 Å². The Kier molecular flexibility index (Phi) is 2.83. The summed E-state index contributed by atoms with van der Waals surface area (Å²) in [7, 11) is 0. The first-order chi connectivity index (χ1) is 9.54. The smallest absolute Gasteiger partial charge is 0.314 e. The van der Waals surface area contributed by atoms with Gasteiger partial charge in [0.25, 0.3) is 11.8 Å². The molecule has 20 heavy (non-hydrogen) atoms. The summed E-state index contributed by atoms with van der Waals surface area (Å²) in [6.45, 7) is -0.237. The molecule has 2 amide bonds. The number of anilines is 1. The lowest BCUT2D eigenvalue weighted by atomic mass is 9.96. The fraction of sp³-hybridized carbons (Fsp3) is 0.357. The minimum absolute atomic E-state index is 0.118. The van der Waals surface area contributed by atoms with Crippen LogP contribution < -0.4 is 4.90 Å². The normalized spacial score (nSPS) is 20.9. The first kappa shape index (κ1) is 12.8. The summed E-state index contributed by atoms with van der Waals surface area (Å²) in [6, 6.07) is 6.57. The van der Waals surface area contributed by atoms with E-state index in [0.717, 1.165) is 4.90 Å². The number of benzene rings is 1. The van der Waals surface area contributed by atoms with E-state index in [2.05, 4.69) is 0 Å². The Hall–Kier alpha value is -2.21. The molecule has 0 radical (unpaired) electrons. The zero-order chi connectivity index (χ0) is 14.3. The second-order valence-corrected chi connectivity index (χ2v) is 5.05. The van der Waals surface area contributed by atoms with Crippen LogP contribution in [0, 0.1) is 0 Å². The fourth-order valence-electron chi connectivity index (χ4n) is 2.46. The van der Waals surface area contributed by atoms with Gasteiger partial charge >= 0.3 is 5.97 Å². The molecule has 0 aromatic heterocycles. The summed E-state index contributed by atoms with van der Waals surface area (Å²) < 4.78 is 4.85. The molecule has 2 fully saturated rings. The molecule has 3 rings (SSSR count). The highest BCUT2D eigenvalue weighted by Gasteiger charge is 2.51. The number of carbonyl (C=O) groups excluding carboxylic acids is 2. The number of carboxylic acid groups (broad SMARTS) is 1. The van der Waals surface area contributed by atoms with Crippen molar-refractivity contribution in [1.82, 2.24) is 0 Å². The van der Waals surface area contributed by atoms with Crippen LogP contribution in [0.1, 0.15) is 18.4 Å². The van der Waals surface area contributed by atoms with Crippen LogP contribution in [-0.4, -0.2) is 36.1 Å². The van der Waals surface area contributed by atoms with E-state index in [-0.39, 0.29) is 13.2 Å². The van der Waals surface area contributed by atoms with Crippen LogP contribution in [0.15, 0.2) is 24.3 Å². The highest BCUT2D eigenvalue weighted by molar-refractivity contribution is 6.17. The van der Waals surface area contributed by atoms with E-state index in [1.54, 1.807) is 24.3 Å². The molecule has 6 heteroatoms. The van der Waals surface area contributed by atoms with Gasteiger partial charge in [0.05, 0.1) is 11.1 Å². The number of amides is 2. The fourth-order valence-corrected chi connectivity index (χ4v) is 2.46. The monoisotopic (exact) mass is 275 g/mol. The minimum Gasteiger partial charge on any atom is -0.481 e. The second kappa shape index (κ2) is 4.42. The number of imide groups is 1. The van der Waals surface area contributed by atoms with Gasteiger partial charge in [0, 0.05) is 0 Å². The van der Waals surface area contributed by atoms with Gasteiger partial charge in [0.1, 0.15) is 13.2 Å². The Bertz CT molecular complexity index is 572. The van der Waals surface area contributed by atoms with Crippen LogP contribution in [0.5, 0.6) is 0 Å². The van der Waals surface area contributed by atoms with Crippen molar-refractivity contribution in [1.29, 1.82) is 0 Å². The van der Waals surface area contributed by atoms with Crippen molar-refractivity contribution < 1.29 is 24.2 Å². The molecule has 104 valence electrons. The highest BCUT2D eigenvalue weighted by Crippen LogP contribution is 2.48. The summed E-state index contributed by atoms with van der Waals surface area (Å²) in [5.74, 6) is -1.65. The molecule has 1 aliphatic heterocycles. The lowest BCUT2D eigenvalue weighted by Crippen LogP contribution is -2.46. The van der Waals surface area contributed by atoms with Crippen molar-refractivity contribution in [3.05, 3.63) is 29.8 Å². The van der Waals surface area contributed by atoms with Crippen LogP contribution in [0.3, 0.4) is 0 Å². The lowest BCUT2D eigenvalue weighted by molar-refractivity contribution is -0.140. The second-order valence-electron chi connectivity index (χ2n) is 5.05. The predicted molar refractivity (Wildman–Crippen MR) is 68.3 cm³/mol. The third-order valence-electron chi connectivity index (χ3n) is 3.79. The topological polar surface area (TPSA) is 83.9 Å². The van der Waals surface area contributed by atoms with Crippen molar-refractivity contribution in [2.45, 2.75) is 18.3 Å². The number of aliphatic carboxylic acids is 1. The largest absolute Gasteiger partial charge is 0.481 e. The molecule has 1 saturated carbocycles. The van der Waals surface area contributed by atoms with Gasteiger partial charge < -0.3 is 9.84 Å². The van der Waals surface area contributed by atoms with Crippen molar-refractivity contribution in [2.75, 3.05) is 18.1 Å². The van der Waals surface area contributed by atoms with E-state index >= 15 is 0 Å². The van der Waals surface area contributed by atoms with E-state index in [0.29, 0.717) is 24.1 Å². The molecule has 1 aromatic rings. The number of hydrogen-bond acceptors (Lipinski definition) is 4. The molecule has 0 atom stereocenters. The van der Waals surface area contributed by atoms with Gasteiger partial charge in [-0.25, -0.2) is 4.90 Å². The van der Waals surface area contributed by atoms with E-state index in [1.807, 2.05) is 0 Å². The quantitative estimate of drug-likeness (QED) is 0.821. The molecule has 1 aliphatic carbocycles. The first-order valence-corrected chi connectivity index (χ1v) is 6.32. The number of nitrogens with zero attached hydrogens (tertiary/aromatic N) is 1. The van der Waals surface area contributed by atoms with Crippen LogP contribution in [0.2, 0.25) is 0 Å². The molecule has 1 saturated heterocycles. The zero-order valence-electron chi connectivity index (χ0n) is 10.7. The number of carboxylic acids is 1. The number of rotatable bonds is 3. The molecule has 6 nitrogen and oxygen atoms in total. The Morgan fingerprint density at radius 3 is 2.10 bits per heavy atom. The number of hydrogen-bond donors (Lipinski definition) is 1. The van der Waals surface area contributed by atoms with Crippen LogP contribution >= 0.6 is 0 Å². The van der Waals surface area contributed by atoms with Crippen molar-refractivity contribution >= 4 is 23.5 Å². The Labute approximate surface area is 114 Å². The summed E-state index contributed by atoms with van der Waals surface area (Å²) in [5.41, 5.74) is 0.382. The maximum absolute atomic E-state index is 11.7. The lowest BCUT2D eigenvalue weighted by Gasteiger charge is -2.25. The van der Waals surface area contributed by atoms with E-state index in [1.165, 1.54) is 0 Å². The minimum atomic E-state index is -0.830. The standard InChI is InChI=1S/C14H13NO5/c16-11-7-20-8-12(17)15(11)10-3-1-9(2-4-10)14(5-6-14)13(18)19/h1-4H,5-8H2,(H,18,19). The molecule has 0 bridgehead atoms. The third-order valence-corrected chi connectivity index (χ3v) is 3.79. The van der Waals surface area contributed by atoms with Gasteiger partial charge in [-0.1, -0.05) is 12.1 Å². The van der Waals surface area contributed by atoms with Crippen LogP contribution in [-0.2, 0) is 24.5 Å². The van der Waals surface area contributed by atoms with Crippen LogP contribution in [0.4, 0.5) is 5.69 Å². The summed E-state index contributed by atoms with van der Waals surface area (Å²) in [5, 5.41) is 9.22. The molecule has 1 aromatic carbocycles. The molecule has 1 N–H and O–H groups in total. The Balaban J connectivity index is 1.88.